The number of urea groups is 1. The minimum atomic E-state index is -0.217. The van der Waals surface area contributed by atoms with Gasteiger partial charge in [0, 0.05) is 12.0 Å². The maximum absolute atomic E-state index is 12.4. The molecule has 124 valence electrons. The number of nitrogens with zero attached hydrogens (tertiary/aromatic N) is 1. The van der Waals surface area contributed by atoms with Crippen LogP contribution >= 0.6 is 0 Å². The zero-order chi connectivity index (χ0) is 16.8. The maximum Gasteiger partial charge on any atom is 0.319 e. The van der Waals surface area contributed by atoms with Gasteiger partial charge in [-0.3, -0.25) is 5.10 Å². The van der Waals surface area contributed by atoms with Crippen LogP contribution in [-0.4, -0.2) is 16.2 Å². The van der Waals surface area contributed by atoms with Crippen molar-refractivity contribution in [2.75, 3.05) is 5.32 Å². The Balaban J connectivity index is 1.78. The Morgan fingerprint density at radius 3 is 2.78 bits per heavy atom. The number of furan rings is 1. The van der Waals surface area contributed by atoms with Gasteiger partial charge < -0.3 is 15.1 Å². The van der Waals surface area contributed by atoms with E-state index in [0.29, 0.717) is 0 Å². The fourth-order valence-electron chi connectivity index (χ4n) is 3.36. The van der Waals surface area contributed by atoms with Gasteiger partial charge in [0.15, 0.2) is 0 Å². The summed E-state index contributed by atoms with van der Waals surface area (Å²) in [7, 11) is 0. The number of hydrogen-bond acceptors (Lipinski definition) is 3. The summed E-state index contributed by atoms with van der Waals surface area (Å²) in [4.78, 5) is 12.4. The van der Waals surface area contributed by atoms with E-state index in [1.54, 1.807) is 0 Å². The number of fused-ring (bicyclic) bond motifs is 1. The number of carbonyl (C=O) groups is 1. The van der Waals surface area contributed by atoms with Gasteiger partial charge in [-0.15, -0.1) is 0 Å². The van der Waals surface area contributed by atoms with Crippen LogP contribution in [-0.2, 0) is 6.42 Å². The van der Waals surface area contributed by atoms with E-state index in [9.17, 15) is 4.79 Å². The first-order valence-electron chi connectivity index (χ1n) is 7.93. The topological polar surface area (TPSA) is 82.9 Å². The molecule has 0 fully saturated rings. The number of hydrogen-bond donors (Lipinski definition) is 3. The quantitative estimate of drug-likeness (QED) is 0.788. The van der Waals surface area contributed by atoms with Crippen molar-refractivity contribution in [1.29, 1.82) is 0 Å². The molecule has 0 spiro atoms. The van der Waals surface area contributed by atoms with Gasteiger partial charge in [-0.1, -0.05) is 13.8 Å². The molecule has 2 amide bonds. The Morgan fingerprint density at radius 1 is 1.39 bits per heavy atom. The molecule has 1 aliphatic rings. The number of rotatable bonds is 2. The fraction of sp³-hybridized carbons (Fsp3) is 0.529. The SMILES string of the molecule is Cc1cc2c(o1)CC(C)(C)C[C@H]2NC(=O)Nc1c(C)n[nH]c1C. The lowest BCUT2D eigenvalue weighted by Crippen LogP contribution is -2.38. The molecule has 0 unspecified atom stereocenters. The minimum Gasteiger partial charge on any atom is -0.466 e. The van der Waals surface area contributed by atoms with Gasteiger partial charge in [0.25, 0.3) is 0 Å². The molecule has 0 aromatic carbocycles. The van der Waals surface area contributed by atoms with Crippen LogP contribution in [0.4, 0.5) is 10.5 Å². The highest BCUT2D eigenvalue weighted by atomic mass is 16.3. The molecule has 6 nitrogen and oxygen atoms in total. The Morgan fingerprint density at radius 2 is 2.13 bits per heavy atom. The van der Waals surface area contributed by atoms with Crippen LogP contribution in [0.25, 0.3) is 0 Å². The van der Waals surface area contributed by atoms with Gasteiger partial charge in [0.05, 0.1) is 23.1 Å². The number of amides is 2. The average Bonchev–Trinajstić information content (AvgIpc) is 2.94. The van der Waals surface area contributed by atoms with E-state index in [2.05, 4.69) is 34.7 Å². The first-order chi connectivity index (χ1) is 10.7. The molecule has 0 saturated heterocycles. The predicted octanol–water partition coefficient (Wildman–Crippen LogP) is 3.76. The monoisotopic (exact) mass is 316 g/mol. The third-order valence-electron chi connectivity index (χ3n) is 4.41. The van der Waals surface area contributed by atoms with Crippen molar-refractivity contribution in [3.63, 3.8) is 0 Å². The van der Waals surface area contributed by atoms with E-state index in [1.807, 2.05) is 26.8 Å². The minimum absolute atomic E-state index is 0.0429. The Kier molecular flexibility index (Phi) is 3.70. The summed E-state index contributed by atoms with van der Waals surface area (Å²) in [5.41, 5.74) is 3.55. The summed E-state index contributed by atoms with van der Waals surface area (Å²) in [5.74, 6) is 1.88. The second-order valence-electron chi connectivity index (χ2n) is 7.24. The molecular formula is C17H24N4O2. The zero-order valence-corrected chi connectivity index (χ0v) is 14.3. The molecule has 0 radical (unpaired) electrons. The molecule has 2 heterocycles. The van der Waals surface area contributed by atoms with Gasteiger partial charge in [0.2, 0.25) is 0 Å². The third-order valence-corrected chi connectivity index (χ3v) is 4.41. The number of carbonyl (C=O) groups excluding carboxylic acids is 1. The Labute approximate surface area is 136 Å². The Bertz CT molecular complexity index is 722. The molecule has 0 saturated carbocycles. The van der Waals surface area contributed by atoms with E-state index in [0.717, 1.165) is 47.0 Å². The average molecular weight is 316 g/mol. The predicted molar refractivity (Wildman–Crippen MR) is 88.5 cm³/mol. The van der Waals surface area contributed by atoms with Gasteiger partial charge in [-0.05, 0) is 38.7 Å². The lowest BCUT2D eigenvalue weighted by molar-refractivity contribution is 0.222. The van der Waals surface area contributed by atoms with Crippen molar-refractivity contribution < 1.29 is 9.21 Å². The molecule has 3 N–H and O–H groups in total. The molecule has 0 aliphatic heterocycles. The van der Waals surface area contributed by atoms with Crippen LogP contribution in [0.15, 0.2) is 10.5 Å². The molecule has 1 aliphatic carbocycles. The molecule has 1 atom stereocenters. The van der Waals surface area contributed by atoms with Gasteiger partial charge in [-0.25, -0.2) is 4.79 Å². The first-order valence-corrected chi connectivity index (χ1v) is 7.93. The summed E-state index contributed by atoms with van der Waals surface area (Å²) >= 11 is 0. The smallest absolute Gasteiger partial charge is 0.319 e. The lowest BCUT2D eigenvalue weighted by atomic mass is 9.75. The molecule has 0 bridgehead atoms. The van der Waals surface area contributed by atoms with E-state index in [1.165, 1.54) is 0 Å². The number of aromatic amines is 1. The van der Waals surface area contributed by atoms with Crippen molar-refractivity contribution in [3.05, 3.63) is 34.5 Å². The molecule has 6 heteroatoms. The second-order valence-corrected chi connectivity index (χ2v) is 7.24. The van der Waals surface area contributed by atoms with E-state index in [-0.39, 0.29) is 17.5 Å². The van der Waals surface area contributed by atoms with Crippen molar-refractivity contribution in [2.45, 2.75) is 53.5 Å². The fourth-order valence-corrected chi connectivity index (χ4v) is 3.36. The van der Waals surface area contributed by atoms with Crippen molar-refractivity contribution >= 4 is 11.7 Å². The number of aryl methyl sites for hydroxylation is 3. The van der Waals surface area contributed by atoms with Crippen LogP contribution < -0.4 is 10.6 Å². The summed E-state index contributed by atoms with van der Waals surface area (Å²) in [6.45, 7) is 10.1. The van der Waals surface area contributed by atoms with Crippen molar-refractivity contribution in [1.82, 2.24) is 15.5 Å². The molecule has 2 aromatic heterocycles. The third kappa shape index (κ3) is 3.11. The van der Waals surface area contributed by atoms with Crippen LogP contribution in [0.2, 0.25) is 0 Å². The molecular weight excluding hydrogens is 292 g/mol. The Hall–Kier alpha value is -2.24. The van der Waals surface area contributed by atoms with Crippen molar-refractivity contribution in [3.8, 4) is 0 Å². The summed E-state index contributed by atoms with van der Waals surface area (Å²) in [6.07, 6.45) is 1.78. The van der Waals surface area contributed by atoms with Crippen LogP contribution in [0.5, 0.6) is 0 Å². The van der Waals surface area contributed by atoms with Gasteiger partial charge >= 0.3 is 6.03 Å². The van der Waals surface area contributed by atoms with E-state index in [4.69, 9.17) is 4.42 Å². The molecule has 3 rings (SSSR count). The zero-order valence-electron chi connectivity index (χ0n) is 14.3. The largest absolute Gasteiger partial charge is 0.466 e. The maximum atomic E-state index is 12.4. The van der Waals surface area contributed by atoms with E-state index < -0.39 is 0 Å². The normalized spacial score (nSPS) is 19.3. The van der Waals surface area contributed by atoms with Crippen LogP contribution in [0.3, 0.4) is 0 Å². The van der Waals surface area contributed by atoms with Gasteiger partial charge in [0.1, 0.15) is 11.5 Å². The standard InChI is InChI=1S/C17H24N4O2/c1-9-6-12-13(7-17(4,5)8-14(12)23-9)18-16(22)19-15-10(2)20-21-11(15)3/h6,13H,7-8H2,1-5H3,(H,20,21)(H2,18,19,22)/t13-/m1/s1. The summed E-state index contributed by atoms with van der Waals surface area (Å²) in [5, 5.41) is 12.9. The highest BCUT2D eigenvalue weighted by molar-refractivity contribution is 5.90. The van der Waals surface area contributed by atoms with E-state index >= 15 is 0 Å². The van der Waals surface area contributed by atoms with Crippen molar-refractivity contribution in [2.24, 2.45) is 5.41 Å². The second kappa shape index (κ2) is 5.44. The number of anilines is 1. The number of aromatic nitrogens is 2. The summed E-state index contributed by atoms with van der Waals surface area (Å²) < 4.78 is 5.81. The van der Waals surface area contributed by atoms with Crippen LogP contribution in [0.1, 0.15) is 54.8 Å². The molecule has 2 aromatic rings. The molecule has 23 heavy (non-hydrogen) atoms. The highest BCUT2D eigenvalue weighted by Gasteiger charge is 2.35. The summed E-state index contributed by atoms with van der Waals surface area (Å²) in [6, 6.07) is 1.77. The first kappa shape index (κ1) is 15.6. The number of H-pyrrole nitrogens is 1. The lowest BCUT2D eigenvalue weighted by Gasteiger charge is -2.34. The van der Waals surface area contributed by atoms with Gasteiger partial charge in [-0.2, -0.15) is 5.10 Å². The van der Waals surface area contributed by atoms with Crippen LogP contribution in [0, 0.1) is 26.2 Å². The highest BCUT2D eigenvalue weighted by Crippen LogP contribution is 2.42. The number of nitrogens with one attached hydrogen (secondary N) is 3.